The van der Waals surface area contributed by atoms with Crippen LogP contribution in [0.1, 0.15) is 30.4 Å². The van der Waals surface area contributed by atoms with Crippen molar-refractivity contribution in [1.82, 2.24) is 5.32 Å². The lowest BCUT2D eigenvalue weighted by molar-refractivity contribution is 0.00753. The van der Waals surface area contributed by atoms with Gasteiger partial charge in [0.1, 0.15) is 10.5 Å². The minimum Gasteiger partial charge on any atom is -0.456 e. The van der Waals surface area contributed by atoms with E-state index in [0.29, 0.717) is 4.88 Å². The number of fused-ring (bicyclic) bond motifs is 1. The number of hydrogen-bond acceptors (Lipinski definition) is 5. The SMILES string of the molecule is CC(C)(C)OC(=O)c1cc2c(N3CCNCC3)cccc2s1. The number of carbonyl (C=O) groups excluding carboxylic acids is 1. The molecule has 1 saturated heterocycles. The maximum Gasteiger partial charge on any atom is 0.348 e. The predicted octanol–water partition coefficient (Wildman–Crippen LogP) is 3.27. The second kappa shape index (κ2) is 5.89. The van der Waals surface area contributed by atoms with E-state index < -0.39 is 5.60 Å². The van der Waals surface area contributed by atoms with Crippen LogP contribution in [0, 0.1) is 0 Å². The highest BCUT2D eigenvalue weighted by Gasteiger charge is 2.21. The van der Waals surface area contributed by atoms with Crippen molar-refractivity contribution in [1.29, 1.82) is 0 Å². The second-order valence-electron chi connectivity index (χ2n) is 6.54. The van der Waals surface area contributed by atoms with Gasteiger partial charge in [-0.2, -0.15) is 0 Å². The minimum atomic E-state index is -0.464. The standard InChI is InChI=1S/C17H22N2O2S/c1-17(2,3)21-16(20)15-11-12-13(5-4-6-14(12)22-15)19-9-7-18-8-10-19/h4-6,11,18H,7-10H2,1-3H3. The molecule has 3 rings (SSSR count). The number of piperazine rings is 1. The molecular formula is C17H22N2O2S. The fraction of sp³-hybridized carbons (Fsp3) is 0.471. The van der Waals surface area contributed by atoms with Crippen molar-refractivity contribution in [2.75, 3.05) is 31.1 Å². The lowest BCUT2D eigenvalue weighted by Crippen LogP contribution is -2.43. The third-order valence-corrected chi connectivity index (χ3v) is 4.68. The molecule has 0 aliphatic carbocycles. The minimum absolute atomic E-state index is 0.236. The summed E-state index contributed by atoms with van der Waals surface area (Å²) in [6, 6.07) is 8.25. The van der Waals surface area contributed by atoms with Crippen LogP contribution in [-0.2, 0) is 4.74 Å². The fourth-order valence-electron chi connectivity index (χ4n) is 2.66. The molecule has 0 unspecified atom stereocenters. The first-order valence-electron chi connectivity index (χ1n) is 7.66. The molecule has 1 aromatic heterocycles. The number of nitrogens with one attached hydrogen (secondary N) is 1. The van der Waals surface area contributed by atoms with E-state index >= 15 is 0 Å². The summed E-state index contributed by atoms with van der Waals surface area (Å²) in [6.45, 7) is 9.67. The Morgan fingerprint density at radius 2 is 2.00 bits per heavy atom. The van der Waals surface area contributed by atoms with E-state index in [1.165, 1.54) is 17.0 Å². The second-order valence-corrected chi connectivity index (χ2v) is 7.62. The highest BCUT2D eigenvalue weighted by molar-refractivity contribution is 7.20. The zero-order chi connectivity index (χ0) is 15.7. The summed E-state index contributed by atoms with van der Waals surface area (Å²) in [5, 5.41) is 4.52. The topological polar surface area (TPSA) is 41.6 Å². The van der Waals surface area contributed by atoms with Crippen LogP contribution in [-0.4, -0.2) is 37.7 Å². The van der Waals surface area contributed by atoms with Gasteiger partial charge >= 0.3 is 5.97 Å². The molecule has 0 amide bonds. The molecule has 1 aliphatic heterocycles. The summed E-state index contributed by atoms with van der Waals surface area (Å²) in [6.07, 6.45) is 0. The molecule has 0 atom stereocenters. The number of thiophene rings is 1. The van der Waals surface area contributed by atoms with Crippen LogP contribution in [0.3, 0.4) is 0 Å². The molecule has 2 heterocycles. The molecule has 1 N–H and O–H groups in total. The number of anilines is 1. The first kappa shape index (κ1) is 15.3. The molecule has 118 valence electrons. The van der Waals surface area contributed by atoms with Crippen molar-refractivity contribution in [2.24, 2.45) is 0 Å². The Labute approximate surface area is 135 Å². The number of benzene rings is 1. The molecule has 0 spiro atoms. The van der Waals surface area contributed by atoms with Crippen LogP contribution in [0.25, 0.3) is 10.1 Å². The van der Waals surface area contributed by atoms with Crippen LogP contribution in [0.15, 0.2) is 24.3 Å². The van der Waals surface area contributed by atoms with Crippen molar-refractivity contribution < 1.29 is 9.53 Å². The van der Waals surface area contributed by atoms with Crippen molar-refractivity contribution in [3.63, 3.8) is 0 Å². The Bertz CT molecular complexity index is 682. The summed E-state index contributed by atoms with van der Waals surface area (Å²) in [7, 11) is 0. The van der Waals surface area contributed by atoms with Crippen LogP contribution in [0.5, 0.6) is 0 Å². The summed E-state index contributed by atoms with van der Waals surface area (Å²) in [5.41, 5.74) is 0.749. The van der Waals surface area contributed by atoms with Gasteiger partial charge in [0, 0.05) is 42.0 Å². The molecule has 0 saturated carbocycles. The normalized spacial score (nSPS) is 16.0. The van der Waals surface area contributed by atoms with Crippen LogP contribution in [0.4, 0.5) is 5.69 Å². The van der Waals surface area contributed by atoms with Gasteiger partial charge < -0.3 is 15.0 Å². The fourth-order valence-corrected chi connectivity index (χ4v) is 3.61. The Morgan fingerprint density at radius 1 is 1.27 bits per heavy atom. The van der Waals surface area contributed by atoms with Crippen LogP contribution < -0.4 is 10.2 Å². The lowest BCUT2D eigenvalue weighted by atomic mass is 10.1. The van der Waals surface area contributed by atoms with Gasteiger partial charge in [-0.1, -0.05) is 6.07 Å². The number of hydrogen-bond donors (Lipinski definition) is 1. The van der Waals surface area contributed by atoms with E-state index in [1.54, 1.807) is 0 Å². The van der Waals surface area contributed by atoms with Gasteiger partial charge in [-0.3, -0.25) is 0 Å². The summed E-state index contributed by atoms with van der Waals surface area (Å²) >= 11 is 1.51. The van der Waals surface area contributed by atoms with Crippen molar-refractivity contribution in [3.8, 4) is 0 Å². The first-order chi connectivity index (χ1) is 10.4. The first-order valence-corrected chi connectivity index (χ1v) is 8.47. The van der Waals surface area contributed by atoms with Gasteiger partial charge in [-0.15, -0.1) is 11.3 Å². The number of carbonyl (C=O) groups is 1. The predicted molar refractivity (Wildman–Crippen MR) is 92.1 cm³/mol. The maximum atomic E-state index is 12.3. The van der Waals surface area contributed by atoms with Crippen LogP contribution in [0.2, 0.25) is 0 Å². The smallest absolute Gasteiger partial charge is 0.348 e. The number of esters is 1. The van der Waals surface area contributed by atoms with E-state index in [4.69, 9.17) is 4.74 Å². The average Bonchev–Trinajstić information content (AvgIpc) is 2.90. The molecule has 5 heteroatoms. The highest BCUT2D eigenvalue weighted by atomic mass is 32.1. The molecule has 1 fully saturated rings. The average molecular weight is 318 g/mol. The number of ether oxygens (including phenoxy) is 1. The lowest BCUT2D eigenvalue weighted by Gasteiger charge is -2.30. The molecule has 2 aromatic rings. The Balaban J connectivity index is 1.94. The monoisotopic (exact) mass is 318 g/mol. The molecular weight excluding hydrogens is 296 g/mol. The molecule has 0 radical (unpaired) electrons. The molecule has 0 bridgehead atoms. The van der Waals surface area contributed by atoms with E-state index in [9.17, 15) is 4.79 Å². The van der Waals surface area contributed by atoms with E-state index in [0.717, 1.165) is 36.3 Å². The third kappa shape index (κ3) is 3.25. The maximum absolute atomic E-state index is 12.3. The van der Waals surface area contributed by atoms with E-state index in [-0.39, 0.29) is 5.97 Å². The molecule has 1 aliphatic rings. The Kier molecular flexibility index (Phi) is 4.10. The summed E-state index contributed by atoms with van der Waals surface area (Å²) < 4.78 is 6.62. The zero-order valence-corrected chi connectivity index (χ0v) is 14.1. The summed E-state index contributed by atoms with van der Waals surface area (Å²) in [4.78, 5) is 15.3. The number of nitrogens with zero attached hydrogens (tertiary/aromatic N) is 1. The number of rotatable bonds is 2. The van der Waals surface area contributed by atoms with Crippen molar-refractivity contribution >= 4 is 33.1 Å². The van der Waals surface area contributed by atoms with Gasteiger partial charge in [-0.05, 0) is 39.0 Å². The van der Waals surface area contributed by atoms with Crippen molar-refractivity contribution in [2.45, 2.75) is 26.4 Å². The quantitative estimate of drug-likeness (QED) is 0.863. The molecule has 22 heavy (non-hydrogen) atoms. The Morgan fingerprint density at radius 3 is 2.68 bits per heavy atom. The van der Waals surface area contributed by atoms with Gasteiger partial charge in [0.15, 0.2) is 0 Å². The van der Waals surface area contributed by atoms with E-state index in [2.05, 4.69) is 28.4 Å². The third-order valence-electron chi connectivity index (χ3n) is 3.60. The Hall–Kier alpha value is -1.59. The van der Waals surface area contributed by atoms with Gasteiger partial charge in [0.05, 0.1) is 0 Å². The van der Waals surface area contributed by atoms with Gasteiger partial charge in [0.2, 0.25) is 0 Å². The van der Waals surface area contributed by atoms with E-state index in [1.807, 2.05) is 26.8 Å². The zero-order valence-electron chi connectivity index (χ0n) is 13.3. The highest BCUT2D eigenvalue weighted by Crippen LogP contribution is 2.34. The molecule has 4 nitrogen and oxygen atoms in total. The van der Waals surface area contributed by atoms with Crippen molar-refractivity contribution in [3.05, 3.63) is 29.1 Å². The van der Waals surface area contributed by atoms with Crippen LogP contribution >= 0.6 is 11.3 Å². The summed E-state index contributed by atoms with van der Waals surface area (Å²) in [5.74, 6) is -0.236. The molecule has 1 aromatic carbocycles. The van der Waals surface area contributed by atoms with Gasteiger partial charge in [-0.25, -0.2) is 4.79 Å². The largest absolute Gasteiger partial charge is 0.456 e. The van der Waals surface area contributed by atoms with Gasteiger partial charge in [0.25, 0.3) is 0 Å².